The molecule has 26 heavy (non-hydrogen) atoms. The van der Waals surface area contributed by atoms with Crippen molar-refractivity contribution in [1.82, 2.24) is 15.4 Å². The van der Waals surface area contributed by atoms with Gasteiger partial charge in [0.25, 0.3) is 0 Å². The van der Waals surface area contributed by atoms with Gasteiger partial charge in [-0.3, -0.25) is 10.2 Å². The highest BCUT2D eigenvalue weighted by Gasteiger charge is 2.49. The van der Waals surface area contributed by atoms with Crippen LogP contribution in [0.3, 0.4) is 0 Å². The number of carbonyl (C=O) groups is 2. The van der Waals surface area contributed by atoms with E-state index in [-0.39, 0.29) is 18.7 Å². The van der Waals surface area contributed by atoms with Crippen LogP contribution in [0.1, 0.15) is 47.3 Å². The van der Waals surface area contributed by atoms with Crippen molar-refractivity contribution in [2.45, 2.75) is 71.9 Å². The molecular formula is C17H28N4O5. The van der Waals surface area contributed by atoms with Crippen LogP contribution >= 0.6 is 0 Å². The topological polar surface area (TPSA) is 106 Å². The van der Waals surface area contributed by atoms with E-state index in [1.165, 1.54) is 4.90 Å². The minimum Gasteiger partial charge on any atom is -0.444 e. The molecule has 0 aliphatic carbocycles. The first-order chi connectivity index (χ1) is 11.9. The Morgan fingerprint density at radius 2 is 2.04 bits per heavy atom. The molecule has 0 spiro atoms. The number of nitrogens with zero attached hydrogens (tertiary/aromatic N) is 2. The minimum atomic E-state index is -0.839. The van der Waals surface area contributed by atoms with Gasteiger partial charge in [0.05, 0.1) is 12.1 Å². The van der Waals surface area contributed by atoms with Gasteiger partial charge in [0.15, 0.2) is 5.82 Å². The average Bonchev–Trinajstić information content (AvgIpc) is 2.94. The lowest BCUT2D eigenvalue weighted by Crippen LogP contribution is -2.53. The maximum Gasteiger partial charge on any atom is 0.412 e. The second-order valence-corrected chi connectivity index (χ2v) is 7.85. The van der Waals surface area contributed by atoms with E-state index in [1.807, 2.05) is 6.92 Å². The van der Waals surface area contributed by atoms with Crippen LogP contribution in [-0.2, 0) is 9.47 Å². The molecule has 1 fully saturated rings. The number of hydrogen-bond acceptors (Lipinski definition) is 6. The van der Waals surface area contributed by atoms with Crippen LogP contribution in [0, 0.1) is 6.92 Å². The quantitative estimate of drug-likeness (QED) is 0.850. The number of aryl methyl sites for hydroxylation is 1. The number of hydrogen-bond donors (Lipinski definition) is 2. The van der Waals surface area contributed by atoms with E-state index in [4.69, 9.17) is 14.0 Å². The molecule has 2 heterocycles. The van der Waals surface area contributed by atoms with E-state index in [1.54, 1.807) is 47.6 Å². The summed E-state index contributed by atoms with van der Waals surface area (Å²) < 4.78 is 16.3. The molecule has 3 amide bonds. The van der Waals surface area contributed by atoms with Gasteiger partial charge in [-0.05, 0) is 48.5 Å². The predicted octanol–water partition coefficient (Wildman–Crippen LogP) is 2.87. The van der Waals surface area contributed by atoms with Crippen molar-refractivity contribution < 1.29 is 23.6 Å². The molecule has 2 N–H and O–H groups in total. The molecule has 9 heteroatoms. The van der Waals surface area contributed by atoms with Crippen molar-refractivity contribution in [1.29, 1.82) is 0 Å². The maximum absolute atomic E-state index is 12.6. The Labute approximate surface area is 153 Å². The average molecular weight is 368 g/mol. The number of carbonyl (C=O) groups excluding carboxylic acids is 2. The molecule has 1 saturated heterocycles. The van der Waals surface area contributed by atoms with Crippen molar-refractivity contribution in [2.24, 2.45) is 0 Å². The van der Waals surface area contributed by atoms with E-state index in [2.05, 4.69) is 15.8 Å². The molecule has 0 aromatic carbocycles. The zero-order valence-electron chi connectivity index (χ0n) is 16.4. The van der Waals surface area contributed by atoms with E-state index in [0.717, 1.165) is 0 Å². The molecule has 9 nitrogen and oxygen atoms in total. The van der Waals surface area contributed by atoms with E-state index < -0.39 is 23.5 Å². The fourth-order valence-corrected chi connectivity index (χ4v) is 2.91. The van der Waals surface area contributed by atoms with E-state index in [0.29, 0.717) is 11.6 Å². The summed E-state index contributed by atoms with van der Waals surface area (Å²) in [4.78, 5) is 26.2. The van der Waals surface area contributed by atoms with Gasteiger partial charge in [-0.2, -0.15) is 0 Å². The highest BCUT2D eigenvalue weighted by atomic mass is 16.6. The molecule has 0 bridgehead atoms. The van der Waals surface area contributed by atoms with Crippen LogP contribution in [0.4, 0.5) is 15.4 Å². The second kappa shape index (κ2) is 7.14. The van der Waals surface area contributed by atoms with Crippen molar-refractivity contribution in [3.63, 3.8) is 0 Å². The Bertz CT molecular complexity index is 664. The van der Waals surface area contributed by atoms with Gasteiger partial charge in [0.2, 0.25) is 0 Å². The molecule has 146 valence electrons. The lowest BCUT2D eigenvalue weighted by molar-refractivity contribution is -0.0756. The predicted molar refractivity (Wildman–Crippen MR) is 94.7 cm³/mol. The Morgan fingerprint density at radius 3 is 2.58 bits per heavy atom. The van der Waals surface area contributed by atoms with Crippen molar-refractivity contribution in [2.75, 3.05) is 11.9 Å². The second-order valence-electron chi connectivity index (χ2n) is 7.85. The normalized spacial score (nSPS) is 22.2. The minimum absolute atomic E-state index is 0.201. The van der Waals surface area contributed by atoms with Gasteiger partial charge in [-0.25, -0.2) is 9.59 Å². The number of amides is 3. The fraction of sp³-hybridized carbons (Fsp3) is 0.706. The van der Waals surface area contributed by atoms with Crippen LogP contribution in [-0.4, -0.2) is 52.2 Å². The maximum atomic E-state index is 12.6. The summed E-state index contributed by atoms with van der Waals surface area (Å²) in [5, 5.41) is 9.01. The summed E-state index contributed by atoms with van der Waals surface area (Å²) in [6, 6.07) is 0.792. The van der Waals surface area contributed by atoms with Gasteiger partial charge >= 0.3 is 12.1 Å². The number of rotatable bonds is 3. The van der Waals surface area contributed by atoms with Gasteiger partial charge in [0.1, 0.15) is 17.1 Å². The summed E-state index contributed by atoms with van der Waals surface area (Å²) >= 11 is 0. The van der Waals surface area contributed by atoms with Crippen LogP contribution in [0.2, 0.25) is 0 Å². The fourth-order valence-electron chi connectivity index (χ4n) is 2.91. The van der Waals surface area contributed by atoms with Crippen molar-refractivity contribution in [3.8, 4) is 0 Å². The molecular weight excluding hydrogens is 340 g/mol. The Balaban J connectivity index is 2.02. The van der Waals surface area contributed by atoms with Crippen molar-refractivity contribution >= 4 is 17.9 Å². The van der Waals surface area contributed by atoms with Gasteiger partial charge in [0, 0.05) is 12.6 Å². The number of nitrogens with one attached hydrogen (secondary N) is 2. The number of aromatic nitrogens is 1. The molecule has 1 aliphatic rings. The third-order valence-corrected chi connectivity index (χ3v) is 3.86. The summed E-state index contributed by atoms with van der Waals surface area (Å²) in [6.45, 7) is 12.8. The molecule has 2 atom stereocenters. The monoisotopic (exact) mass is 368 g/mol. The standard InChI is InChI=1S/C17H28N4O5/c1-10-8-13(20-26-10)19-14(22)18-9-12-11(2)24-17(6,7)21(12)15(23)25-16(3,4)5/h8,11-12H,9H2,1-7H3,(H2,18,19,20,22). The molecule has 2 unspecified atom stereocenters. The largest absolute Gasteiger partial charge is 0.444 e. The summed E-state index contributed by atoms with van der Waals surface area (Å²) in [5.41, 5.74) is -1.47. The number of anilines is 1. The molecule has 2 rings (SSSR count). The summed E-state index contributed by atoms with van der Waals surface area (Å²) in [5.74, 6) is 0.913. The molecule has 0 radical (unpaired) electrons. The van der Waals surface area contributed by atoms with E-state index >= 15 is 0 Å². The molecule has 0 saturated carbocycles. The van der Waals surface area contributed by atoms with Crippen LogP contribution < -0.4 is 10.6 Å². The van der Waals surface area contributed by atoms with Crippen LogP contribution in [0.25, 0.3) is 0 Å². The van der Waals surface area contributed by atoms with Gasteiger partial charge in [-0.1, -0.05) is 5.16 Å². The zero-order valence-corrected chi connectivity index (χ0v) is 16.4. The van der Waals surface area contributed by atoms with Crippen molar-refractivity contribution in [3.05, 3.63) is 11.8 Å². The van der Waals surface area contributed by atoms with Gasteiger partial charge in [-0.15, -0.1) is 0 Å². The first kappa shape index (κ1) is 20.0. The lowest BCUT2D eigenvalue weighted by Gasteiger charge is -2.35. The molecule has 1 aliphatic heterocycles. The SMILES string of the molecule is Cc1cc(NC(=O)NCC2C(C)OC(C)(C)N2C(=O)OC(C)(C)C)no1. The van der Waals surface area contributed by atoms with E-state index in [9.17, 15) is 9.59 Å². The molecule has 1 aromatic heterocycles. The van der Waals surface area contributed by atoms with Crippen LogP contribution in [0.5, 0.6) is 0 Å². The molecule has 1 aromatic rings. The smallest absolute Gasteiger partial charge is 0.412 e. The third kappa shape index (κ3) is 4.87. The Hall–Kier alpha value is -2.29. The highest BCUT2D eigenvalue weighted by Crippen LogP contribution is 2.33. The lowest BCUT2D eigenvalue weighted by atomic mass is 10.1. The summed E-state index contributed by atoms with van der Waals surface area (Å²) in [7, 11) is 0. The van der Waals surface area contributed by atoms with Gasteiger partial charge < -0.3 is 19.3 Å². The Morgan fingerprint density at radius 1 is 1.38 bits per heavy atom. The highest BCUT2D eigenvalue weighted by molar-refractivity contribution is 5.88. The third-order valence-electron chi connectivity index (χ3n) is 3.86. The Kier molecular flexibility index (Phi) is 5.50. The van der Waals surface area contributed by atoms with Crippen LogP contribution in [0.15, 0.2) is 10.6 Å². The summed E-state index contributed by atoms with van der Waals surface area (Å²) in [6.07, 6.45) is -0.752. The first-order valence-corrected chi connectivity index (χ1v) is 8.57. The first-order valence-electron chi connectivity index (χ1n) is 8.57. The zero-order chi connectivity index (χ0) is 19.7. The number of urea groups is 1. The number of ether oxygens (including phenoxy) is 2.